The number of aryl methyl sites for hydroxylation is 1. The molecule has 0 unspecified atom stereocenters. The summed E-state index contributed by atoms with van der Waals surface area (Å²) < 4.78 is 0. The molecule has 0 bridgehead atoms. The first-order valence-electron chi connectivity index (χ1n) is 12.3. The molecule has 1 fully saturated rings. The van der Waals surface area contributed by atoms with Crippen molar-refractivity contribution >= 4 is 34.4 Å². The van der Waals surface area contributed by atoms with Gasteiger partial charge in [0.1, 0.15) is 6.07 Å². The van der Waals surface area contributed by atoms with Crippen LogP contribution in [0, 0.1) is 18.3 Å². The minimum atomic E-state index is -0.850. The predicted octanol–water partition coefficient (Wildman–Crippen LogP) is 5.74. The SMILES string of the molecule is Cc1c(Nc2c(C#N)cncc2/C=C/CN2CCC(N(C(=O)O)C(C)(C)C)CC2)ccc2[nH]ccc12. The fourth-order valence-corrected chi connectivity index (χ4v) is 5.06. The first kappa shape index (κ1) is 25.3. The second-order valence-corrected chi connectivity index (χ2v) is 10.3. The van der Waals surface area contributed by atoms with Crippen molar-refractivity contribution in [2.24, 2.45) is 0 Å². The molecule has 188 valence electrons. The van der Waals surface area contributed by atoms with Crippen LogP contribution < -0.4 is 5.32 Å². The molecule has 3 heterocycles. The van der Waals surface area contributed by atoms with E-state index in [-0.39, 0.29) is 6.04 Å². The number of benzene rings is 1. The predicted molar refractivity (Wildman–Crippen MR) is 143 cm³/mol. The van der Waals surface area contributed by atoms with Gasteiger partial charge in [0.05, 0.1) is 11.3 Å². The van der Waals surface area contributed by atoms with Crippen molar-refractivity contribution in [1.82, 2.24) is 19.8 Å². The Morgan fingerprint density at radius 1 is 1.31 bits per heavy atom. The largest absolute Gasteiger partial charge is 0.465 e. The maximum absolute atomic E-state index is 11.8. The molecule has 1 amide bonds. The Labute approximate surface area is 212 Å². The van der Waals surface area contributed by atoms with Crippen LogP contribution >= 0.6 is 0 Å². The van der Waals surface area contributed by atoms with Gasteiger partial charge in [-0.2, -0.15) is 5.26 Å². The van der Waals surface area contributed by atoms with Crippen LogP contribution in [0.25, 0.3) is 17.0 Å². The molecule has 0 spiro atoms. The summed E-state index contributed by atoms with van der Waals surface area (Å²) in [4.78, 5) is 23.2. The first-order valence-corrected chi connectivity index (χ1v) is 12.3. The number of piperidine rings is 1. The molecule has 0 aliphatic carbocycles. The fraction of sp³-hybridized carbons (Fsp3) is 0.393. The number of rotatable bonds is 6. The molecule has 4 rings (SSSR count). The minimum absolute atomic E-state index is 0.0376. The average molecular weight is 487 g/mol. The number of hydrogen-bond acceptors (Lipinski definition) is 5. The number of nitrogens with one attached hydrogen (secondary N) is 2. The molecule has 2 aromatic heterocycles. The lowest BCUT2D eigenvalue weighted by Gasteiger charge is -2.43. The quantitative estimate of drug-likeness (QED) is 0.410. The number of nitrogens with zero attached hydrogens (tertiary/aromatic N) is 4. The van der Waals surface area contributed by atoms with Crippen LogP contribution in [0.2, 0.25) is 0 Å². The Hall–Kier alpha value is -3.83. The third-order valence-corrected chi connectivity index (χ3v) is 6.87. The van der Waals surface area contributed by atoms with Crippen LogP contribution in [-0.4, -0.2) is 62.2 Å². The Balaban J connectivity index is 1.45. The van der Waals surface area contributed by atoms with Crippen LogP contribution in [0.3, 0.4) is 0 Å². The maximum atomic E-state index is 11.8. The first-order chi connectivity index (χ1) is 17.2. The van der Waals surface area contributed by atoms with Gasteiger partial charge in [-0.05, 0) is 64.3 Å². The number of likely N-dealkylation sites (tertiary alicyclic amines) is 1. The normalized spacial score (nSPS) is 15.3. The van der Waals surface area contributed by atoms with E-state index in [0.717, 1.165) is 65.9 Å². The molecular weight excluding hydrogens is 452 g/mol. The Morgan fingerprint density at radius 2 is 2.06 bits per heavy atom. The van der Waals surface area contributed by atoms with Crippen molar-refractivity contribution in [3.8, 4) is 6.07 Å². The number of nitriles is 1. The minimum Gasteiger partial charge on any atom is -0.465 e. The molecule has 3 aromatic rings. The molecule has 8 heteroatoms. The molecule has 0 radical (unpaired) electrons. The van der Waals surface area contributed by atoms with E-state index in [0.29, 0.717) is 5.56 Å². The lowest BCUT2D eigenvalue weighted by molar-refractivity contribution is 0.0441. The number of hydrogen-bond donors (Lipinski definition) is 3. The monoisotopic (exact) mass is 486 g/mol. The summed E-state index contributed by atoms with van der Waals surface area (Å²) in [6.07, 6.45) is 10.1. The zero-order valence-electron chi connectivity index (χ0n) is 21.4. The zero-order valence-corrected chi connectivity index (χ0v) is 21.4. The van der Waals surface area contributed by atoms with Crippen molar-refractivity contribution in [1.29, 1.82) is 5.26 Å². The summed E-state index contributed by atoms with van der Waals surface area (Å²) >= 11 is 0. The van der Waals surface area contributed by atoms with E-state index in [1.807, 2.05) is 45.2 Å². The summed E-state index contributed by atoms with van der Waals surface area (Å²) in [5.74, 6) is 0. The van der Waals surface area contributed by atoms with Crippen LogP contribution in [-0.2, 0) is 0 Å². The number of H-pyrrole nitrogens is 1. The van der Waals surface area contributed by atoms with Gasteiger partial charge >= 0.3 is 6.09 Å². The van der Waals surface area contributed by atoms with E-state index in [9.17, 15) is 15.2 Å². The Bertz CT molecular complexity index is 1310. The highest BCUT2D eigenvalue weighted by atomic mass is 16.4. The molecule has 1 saturated heterocycles. The van der Waals surface area contributed by atoms with Gasteiger partial charge in [0.25, 0.3) is 0 Å². The number of carboxylic acid groups (broad SMARTS) is 1. The van der Waals surface area contributed by atoms with Gasteiger partial charge in [0.15, 0.2) is 0 Å². The van der Waals surface area contributed by atoms with E-state index in [4.69, 9.17) is 0 Å². The third-order valence-electron chi connectivity index (χ3n) is 6.87. The zero-order chi connectivity index (χ0) is 25.9. The average Bonchev–Trinajstić information content (AvgIpc) is 3.31. The molecule has 3 N–H and O–H groups in total. The van der Waals surface area contributed by atoms with E-state index < -0.39 is 11.6 Å². The van der Waals surface area contributed by atoms with Crippen molar-refractivity contribution in [3.05, 3.63) is 59.6 Å². The van der Waals surface area contributed by atoms with Crippen LogP contribution in [0.5, 0.6) is 0 Å². The second kappa shape index (κ2) is 10.4. The molecule has 0 saturated carbocycles. The summed E-state index contributed by atoms with van der Waals surface area (Å²) in [6.45, 7) is 10.3. The van der Waals surface area contributed by atoms with Crippen LogP contribution in [0.1, 0.15) is 50.3 Å². The number of anilines is 2. The van der Waals surface area contributed by atoms with E-state index in [1.165, 1.54) is 0 Å². The summed E-state index contributed by atoms with van der Waals surface area (Å²) in [5, 5.41) is 24.0. The highest BCUT2D eigenvalue weighted by molar-refractivity contribution is 5.89. The molecule has 0 atom stereocenters. The van der Waals surface area contributed by atoms with Crippen molar-refractivity contribution in [3.63, 3.8) is 0 Å². The molecular formula is C28H34N6O2. The molecule has 1 aliphatic rings. The Morgan fingerprint density at radius 3 is 2.72 bits per heavy atom. The highest BCUT2D eigenvalue weighted by Gasteiger charge is 2.34. The van der Waals surface area contributed by atoms with Crippen molar-refractivity contribution in [2.45, 2.75) is 52.1 Å². The number of aromatic nitrogens is 2. The maximum Gasteiger partial charge on any atom is 0.407 e. The van der Waals surface area contributed by atoms with E-state index in [1.54, 1.807) is 17.3 Å². The molecule has 8 nitrogen and oxygen atoms in total. The highest BCUT2D eigenvalue weighted by Crippen LogP contribution is 2.31. The van der Waals surface area contributed by atoms with Gasteiger partial charge in [-0.15, -0.1) is 0 Å². The van der Waals surface area contributed by atoms with Gasteiger partial charge < -0.3 is 20.3 Å². The second-order valence-electron chi connectivity index (χ2n) is 10.3. The Kier molecular flexibility index (Phi) is 7.32. The lowest BCUT2D eigenvalue weighted by atomic mass is 9.97. The summed E-state index contributed by atoms with van der Waals surface area (Å²) in [7, 11) is 0. The topological polar surface area (TPSA) is 108 Å². The summed E-state index contributed by atoms with van der Waals surface area (Å²) in [5.41, 5.74) is 4.80. The molecule has 1 aromatic carbocycles. The van der Waals surface area contributed by atoms with Crippen LogP contribution in [0.4, 0.5) is 16.2 Å². The number of carbonyl (C=O) groups is 1. The fourth-order valence-electron chi connectivity index (χ4n) is 5.06. The lowest BCUT2D eigenvalue weighted by Crippen LogP contribution is -2.54. The van der Waals surface area contributed by atoms with Crippen molar-refractivity contribution < 1.29 is 9.90 Å². The van der Waals surface area contributed by atoms with Gasteiger partial charge in [0, 0.05) is 72.0 Å². The number of fused-ring (bicyclic) bond motifs is 1. The summed E-state index contributed by atoms with van der Waals surface area (Å²) in [6, 6.07) is 8.39. The van der Waals surface area contributed by atoms with E-state index >= 15 is 0 Å². The van der Waals surface area contributed by atoms with Gasteiger partial charge in [-0.3, -0.25) is 9.88 Å². The third kappa shape index (κ3) is 5.37. The smallest absolute Gasteiger partial charge is 0.407 e. The molecule has 36 heavy (non-hydrogen) atoms. The van der Waals surface area contributed by atoms with Gasteiger partial charge in [0.2, 0.25) is 0 Å². The van der Waals surface area contributed by atoms with Gasteiger partial charge in [-0.25, -0.2) is 4.79 Å². The number of amides is 1. The molecule has 1 aliphatic heterocycles. The standard InChI is InChI=1S/C28H34N6O2/c1-19-23-9-12-31-25(23)8-7-24(19)32-26-20(17-30-18-21(26)16-29)6-5-13-33-14-10-22(11-15-33)34(27(35)36)28(2,3)4/h5-9,12,17-18,22,31H,10-11,13-15H2,1-4H3,(H,30,32)(H,35,36)/b6-5+. The number of aromatic amines is 1. The van der Waals surface area contributed by atoms with Crippen LogP contribution in [0.15, 0.2) is 42.9 Å². The van der Waals surface area contributed by atoms with Crippen molar-refractivity contribution in [2.75, 3.05) is 25.0 Å². The number of pyridine rings is 1. The van der Waals surface area contributed by atoms with Gasteiger partial charge in [-0.1, -0.05) is 12.2 Å². The van der Waals surface area contributed by atoms with E-state index in [2.05, 4.69) is 45.3 Å².